The largest absolute Gasteiger partial charge is 0.497 e. The molecule has 5 heteroatoms. The molecule has 0 fully saturated rings. The Morgan fingerprint density at radius 1 is 0.900 bits per heavy atom. The maximum absolute atomic E-state index is 13.1. The molecule has 1 amide bonds. The van der Waals surface area contributed by atoms with E-state index in [1.165, 1.54) is 0 Å². The molecule has 3 aromatic carbocycles. The molecule has 1 N–H and O–H groups in total. The number of nitrogens with one attached hydrogen (secondary N) is 1. The van der Waals surface area contributed by atoms with E-state index in [1.807, 2.05) is 97.2 Å². The minimum absolute atomic E-state index is 0.0496. The first kappa shape index (κ1) is 19.5. The molecule has 0 radical (unpaired) electrons. The highest BCUT2D eigenvalue weighted by Crippen LogP contribution is 2.25. The van der Waals surface area contributed by atoms with Crippen LogP contribution in [0.15, 0.2) is 97.2 Å². The Balaban J connectivity index is 1.48. The third-order valence-electron chi connectivity index (χ3n) is 4.95. The van der Waals surface area contributed by atoms with Crippen molar-refractivity contribution in [3.63, 3.8) is 0 Å². The minimum atomic E-state index is -0.365. The number of methoxy groups -OCH3 is 1. The molecular weight excluding hydrogens is 374 g/mol. The van der Waals surface area contributed by atoms with Crippen molar-refractivity contribution in [3.05, 3.63) is 114 Å². The zero-order chi connectivity index (χ0) is 20.8. The molecule has 4 aromatic rings. The standard InChI is InChI=1S/C25H23N3O2/c1-30-23-14-12-22(13-15-23)28-17-16-21(27-28)18-26-25(29)24(19-8-4-2-5-9-19)20-10-6-3-7-11-20/h2-17,24H,18H2,1H3,(H,26,29). The second-order valence-electron chi connectivity index (χ2n) is 6.92. The van der Waals surface area contributed by atoms with Gasteiger partial charge in [0.05, 0.1) is 31.0 Å². The van der Waals surface area contributed by atoms with E-state index in [9.17, 15) is 4.79 Å². The Labute approximate surface area is 175 Å². The van der Waals surface area contributed by atoms with Crippen LogP contribution in [0.4, 0.5) is 0 Å². The quantitative estimate of drug-likeness (QED) is 0.505. The van der Waals surface area contributed by atoms with Gasteiger partial charge >= 0.3 is 0 Å². The van der Waals surface area contributed by atoms with Crippen molar-refractivity contribution in [2.45, 2.75) is 12.5 Å². The number of ether oxygens (including phenoxy) is 1. The SMILES string of the molecule is COc1ccc(-n2ccc(CNC(=O)C(c3ccccc3)c3ccccc3)n2)cc1. The van der Waals surface area contributed by atoms with Gasteiger partial charge in [0.25, 0.3) is 0 Å². The van der Waals surface area contributed by atoms with Crippen molar-refractivity contribution < 1.29 is 9.53 Å². The molecule has 0 bridgehead atoms. The lowest BCUT2D eigenvalue weighted by Crippen LogP contribution is -2.29. The summed E-state index contributed by atoms with van der Waals surface area (Å²) in [5, 5.41) is 7.62. The van der Waals surface area contributed by atoms with Gasteiger partial charge in [-0.15, -0.1) is 0 Å². The van der Waals surface area contributed by atoms with Gasteiger partial charge in [-0.2, -0.15) is 5.10 Å². The van der Waals surface area contributed by atoms with Crippen LogP contribution >= 0.6 is 0 Å². The fraction of sp³-hybridized carbons (Fsp3) is 0.120. The van der Waals surface area contributed by atoms with Crippen LogP contribution < -0.4 is 10.1 Å². The number of hydrogen-bond acceptors (Lipinski definition) is 3. The van der Waals surface area contributed by atoms with Crippen LogP contribution in [-0.2, 0) is 11.3 Å². The molecular formula is C25H23N3O2. The van der Waals surface area contributed by atoms with Gasteiger partial charge < -0.3 is 10.1 Å². The molecule has 30 heavy (non-hydrogen) atoms. The smallest absolute Gasteiger partial charge is 0.232 e. The molecule has 0 saturated carbocycles. The Kier molecular flexibility index (Phi) is 5.90. The highest BCUT2D eigenvalue weighted by Gasteiger charge is 2.22. The zero-order valence-electron chi connectivity index (χ0n) is 16.7. The molecule has 0 atom stereocenters. The van der Waals surface area contributed by atoms with Crippen LogP contribution in [0.1, 0.15) is 22.7 Å². The van der Waals surface area contributed by atoms with E-state index in [2.05, 4.69) is 10.4 Å². The van der Waals surface area contributed by atoms with Crippen LogP contribution in [0.3, 0.4) is 0 Å². The number of rotatable bonds is 7. The number of amides is 1. The van der Waals surface area contributed by atoms with Gasteiger partial charge in [0.15, 0.2) is 0 Å². The Morgan fingerprint density at radius 3 is 2.07 bits per heavy atom. The van der Waals surface area contributed by atoms with Gasteiger partial charge in [-0.3, -0.25) is 4.79 Å². The maximum Gasteiger partial charge on any atom is 0.232 e. The van der Waals surface area contributed by atoms with Crippen LogP contribution in [0.25, 0.3) is 5.69 Å². The fourth-order valence-electron chi connectivity index (χ4n) is 3.40. The van der Waals surface area contributed by atoms with Crippen LogP contribution in [-0.4, -0.2) is 22.8 Å². The molecule has 5 nitrogen and oxygen atoms in total. The van der Waals surface area contributed by atoms with Gasteiger partial charge in [0, 0.05) is 6.20 Å². The summed E-state index contributed by atoms with van der Waals surface area (Å²) in [6, 6.07) is 29.2. The zero-order valence-corrected chi connectivity index (χ0v) is 16.7. The maximum atomic E-state index is 13.1. The van der Waals surface area contributed by atoms with Gasteiger partial charge in [-0.25, -0.2) is 4.68 Å². The molecule has 1 heterocycles. The Hall–Kier alpha value is -3.86. The van der Waals surface area contributed by atoms with Crippen molar-refractivity contribution >= 4 is 5.91 Å². The average Bonchev–Trinajstić information content (AvgIpc) is 3.28. The third-order valence-corrected chi connectivity index (χ3v) is 4.95. The van der Waals surface area contributed by atoms with Gasteiger partial charge in [0.2, 0.25) is 5.91 Å². The first-order valence-electron chi connectivity index (χ1n) is 9.81. The molecule has 150 valence electrons. The fourth-order valence-corrected chi connectivity index (χ4v) is 3.40. The Bertz CT molecular complexity index is 1050. The lowest BCUT2D eigenvalue weighted by molar-refractivity contribution is -0.121. The molecule has 1 aromatic heterocycles. The molecule has 0 aliphatic rings. The number of hydrogen-bond donors (Lipinski definition) is 1. The summed E-state index contributed by atoms with van der Waals surface area (Å²) >= 11 is 0. The van der Waals surface area contributed by atoms with Gasteiger partial charge in [-0.05, 0) is 41.5 Å². The highest BCUT2D eigenvalue weighted by atomic mass is 16.5. The van der Waals surface area contributed by atoms with Crippen LogP contribution in [0.5, 0.6) is 5.75 Å². The molecule has 4 rings (SSSR count). The van der Waals surface area contributed by atoms with E-state index in [0.29, 0.717) is 6.54 Å². The van der Waals surface area contributed by atoms with Crippen molar-refractivity contribution in [2.75, 3.05) is 7.11 Å². The first-order valence-corrected chi connectivity index (χ1v) is 9.81. The normalized spacial score (nSPS) is 10.7. The average molecular weight is 397 g/mol. The third kappa shape index (κ3) is 4.41. The predicted octanol–water partition coefficient (Wildman–Crippen LogP) is 4.33. The minimum Gasteiger partial charge on any atom is -0.497 e. The predicted molar refractivity (Wildman–Crippen MR) is 117 cm³/mol. The monoisotopic (exact) mass is 397 g/mol. The van der Waals surface area contributed by atoms with E-state index < -0.39 is 0 Å². The summed E-state index contributed by atoms with van der Waals surface area (Å²) in [5.74, 6) is 0.383. The van der Waals surface area contributed by atoms with Crippen LogP contribution in [0, 0.1) is 0 Å². The molecule has 0 aliphatic carbocycles. The molecule has 0 spiro atoms. The second kappa shape index (κ2) is 9.09. The summed E-state index contributed by atoms with van der Waals surface area (Å²) in [4.78, 5) is 13.1. The van der Waals surface area contributed by atoms with Gasteiger partial charge in [0.1, 0.15) is 5.75 Å². The second-order valence-corrected chi connectivity index (χ2v) is 6.92. The number of aromatic nitrogens is 2. The summed E-state index contributed by atoms with van der Waals surface area (Å²) in [7, 11) is 1.64. The number of nitrogens with zero attached hydrogens (tertiary/aromatic N) is 2. The first-order chi connectivity index (χ1) is 14.7. The summed E-state index contributed by atoms with van der Waals surface area (Å²) < 4.78 is 6.98. The van der Waals surface area contributed by atoms with Crippen molar-refractivity contribution in [1.82, 2.24) is 15.1 Å². The van der Waals surface area contributed by atoms with Gasteiger partial charge in [-0.1, -0.05) is 60.7 Å². The van der Waals surface area contributed by atoms with Crippen molar-refractivity contribution in [2.24, 2.45) is 0 Å². The van der Waals surface area contributed by atoms with E-state index >= 15 is 0 Å². The van der Waals surface area contributed by atoms with Crippen molar-refractivity contribution in [1.29, 1.82) is 0 Å². The summed E-state index contributed by atoms with van der Waals surface area (Å²) in [5.41, 5.74) is 3.65. The number of carbonyl (C=O) groups is 1. The molecule has 0 unspecified atom stereocenters. The number of benzene rings is 3. The van der Waals surface area contributed by atoms with E-state index in [1.54, 1.807) is 11.8 Å². The van der Waals surface area contributed by atoms with E-state index in [0.717, 1.165) is 28.3 Å². The molecule has 0 saturated heterocycles. The Morgan fingerprint density at radius 2 is 1.50 bits per heavy atom. The topological polar surface area (TPSA) is 56.1 Å². The summed E-state index contributed by atoms with van der Waals surface area (Å²) in [6.07, 6.45) is 1.88. The highest BCUT2D eigenvalue weighted by molar-refractivity contribution is 5.87. The lowest BCUT2D eigenvalue weighted by Gasteiger charge is -2.17. The van der Waals surface area contributed by atoms with Crippen LogP contribution in [0.2, 0.25) is 0 Å². The van der Waals surface area contributed by atoms with E-state index in [-0.39, 0.29) is 11.8 Å². The lowest BCUT2D eigenvalue weighted by atomic mass is 9.90. The molecule has 0 aliphatic heterocycles. The summed E-state index contributed by atoms with van der Waals surface area (Å²) in [6.45, 7) is 0.359. The van der Waals surface area contributed by atoms with Crippen molar-refractivity contribution in [3.8, 4) is 11.4 Å². The van der Waals surface area contributed by atoms with E-state index in [4.69, 9.17) is 4.74 Å². The number of carbonyl (C=O) groups excluding carboxylic acids is 1.